The van der Waals surface area contributed by atoms with Gasteiger partial charge < -0.3 is 19.3 Å². The Hall–Kier alpha value is -4.37. The minimum absolute atomic E-state index is 0.0507. The van der Waals surface area contributed by atoms with Crippen molar-refractivity contribution in [2.24, 2.45) is 0 Å². The molecule has 174 valence electrons. The van der Waals surface area contributed by atoms with E-state index in [2.05, 4.69) is 24.7 Å². The largest absolute Gasteiger partial charge is 0.487 e. The van der Waals surface area contributed by atoms with E-state index in [1.807, 2.05) is 24.3 Å². The van der Waals surface area contributed by atoms with Gasteiger partial charge in [-0.2, -0.15) is 0 Å². The summed E-state index contributed by atoms with van der Waals surface area (Å²) in [5, 5.41) is 9.10. The summed E-state index contributed by atoms with van der Waals surface area (Å²) in [7, 11) is 1.33. The Labute approximate surface area is 197 Å². The molecule has 4 aromatic heterocycles. The Bertz CT molecular complexity index is 1160. The summed E-state index contributed by atoms with van der Waals surface area (Å²) >= 11 is 0. The number of ether oxygens (including phenoxy) is 3. The van der Waals surface area contributed by atoms with E-state index < -0.39 is 5.97 Å². The highest BCUT2D eigenvalue weighted by atomic mass is 16.5. The van der Waals surface area contributed by atoms with Gasteiger partial charge in [-0.3, -0.25) is 19.9 Å². The highest BCUT2D eigenvalue weighted by molar-refractivity contribution is 5.92. The highest BCUT2D eigenvalue weighted by Gasteiger charge is 2.12. The molecule has 0 aliphatic carbocycles. The molecule has 4 heterocycles. The molecule has 0 amide bonds. The zero-order valence-corrected chi connectivity index (χ0v) is 18.6. The minimum Gasteiger partial charge on any atom is -0.487 e. The monoisotopic (exact) mass is 460 g/mol. The smallest absolute Gasteiger partial charge is 0.341 e. The number of carbonyl (C=O) groups is 1. The Morgan fingerprint density at radius 3 is 1.88 bits per heavy atom. The molecule has 0 spiro atoms. The van der Waals surface area contributed by atoms with Gasteiger partial charge in [-0.1, -0.05) is 12.1 Å². The summed E-state index contributed by atoms with van der Waals surface area (Å²) in [6, 6.07) is 10.8. The molecule has 0 unspecified atom stereocenters. The molecule has 0 fully saturated rings. The molecule has 0 aliphatic heterocycles. The van der Waals surface area contributed by atoms with Gasteiger partial charge in [0.1, 0.15) is 24.5 Å². The number of aromatic nitrogens is 4. The summed E-state index contributed by atoms with van der Waals surface area (Å²) < 4.78 is 15.8. The first kappa shape index (κ1) is 24.3. The summed E-state index contributed by atoms with van der Waals surface area (Å²) in [5.41, 5.74) is 2.99. The fourth-order valence-corrected chi connectivity index (χ4v) is 2.73. The molecule has 0 saturated heterocycles. The molecule has 9 nitrogen and oxygen atoms in total. The first-order valence-electron chi connectivity index (χ1n) is 10.3. The van der Waals surface area contributed by atoms with Gasteiger partial charge in [-0.15, -0.1) is 0 Å². The minimum atomic E-state index is -0.446. The van der Waals surface area contributed by atoms with Gasteiger partial charge in [0.25, 0.3) is 0 Å². The molecular weight excluding hydrogens is 436 g/mol. The van der Waals surface area contributed by atoms with E-state index >= 15 is 0 Å². The lowest BCUT2D eigenvalue weighted by molar-refractivity contribution is 0.0595. The number of aliphatic hydroxyl groups is 1. The van der Waals surface area contributed by atoms with Crippen molar-refractivity contribution in [2.45, 2.75) is 19.8 Å². The summed E-state index contributed by atoms with van der Waals surface area (Å²) in [5.74, 6) is 0.556. The summed E-state index contributed by atoms with van der Waals surface area (Å²) in [6.45, 7) is 0.695. The molecule has 9 heteroatoms. The van der Waals surface area contributed by atoms with Crippen molar-refractivity contribution in [3.05, 3.63) is 108 Å². The second kappa shape index (κ2) is 13.2. The van der Waals surface area contributed by atoms with Crippen LogP contribution >= 0.6 is 0 Å². The van der Waals surface area contributed by atoms with E-state index in [1.54, 1.807) is 49.3 Å². The lowest BCUT2D eigenvalue weighted by Gasteiger charge is -2.09. The van der Waals surface area contributed by atoms with E-state index in [0.29, 0.717) is 30.3 Å². The SMILES string of the molecule is COC(=O)c1ccncc1OCc1cccnc1.OCc1ccncc1OCc1cccnc1. The first-order valence-corrected chi connectivity index (χ1v) is 10.3. The second-order valence-corrected chi connectivity index (χ2v) is 6.80. The third-order valence-electron chi connectivity index (χ3n) is 4.46. The van der Waals surface area contributed by atoms with Crippen molar-refractivity contribution in [3.8, 4) is 11.5 Å². The van der Waals surface area contributed by atoms with E-state index in [-0.39, 0.29) is 6.61 Å². The molecule has 0 radical (unpaired) electrons. The molecule has 34 heavy (non-hydrogen) atoms. The summed E-state index contributed by atoms with van der Waals surface area (Å²) in [6.07, 6.45) is 13.1. The number of hydrogen-bond donors (Lipinski definition) is 1. The van der Waals surface area contributed by atoms with Gasteiger partial charge >= 0.3 is 5.97 Å². The fraction of sp³-hybridized carbons (Fsp3) is 0.160. The Balaban J connectivity index is 0.000000192. The van der Waals surface area contributed by atoms with E-state index in [1.165, 1.54) is 19.5 Å². The number of methoxy groups -OCH3 is 1. The molecule has 0 saturated carbocycles. The average Bonchev–Trinajstić information content (AvgIpc) is 2.92. The predicted molar refractivity (Wildman–Crippen MR) is 123 cm³/mol. The number of rotatable bonds is 8. The number of carbonyl (C=O) groups excluding carboxylic acids is 1. The van der Waals surface area contributed by atoms with Crippen LogP contribution in [0.2, 0.25) is 0 Å². The van der Waals surface area contributed by atoms with Crippen molar-refractivity contribution in [1.29, 1.82) is 0 Å². The van der Waals surface area contributed by atoms with Crippen LogP contribution in [0.15, 0.2) is 86.0 Å². The van der Waals surface area contributed by atoms with Gasteiger partial charge in [0, 0.05) is 53.9 Å². The Kier molecular flexibility index (Phi) is 9.45. The van der Waals surface area contributed by atoms with Gasteiger partial charge in [-0.25, -0.2) is 4.79 Å². The second-order valence-electron chi connectivity index (χ2n) is 6.80. The normalized spacial score (nSPS) is 9.94. The van der Waals surface area contributed by atoms with E-state index in [9.17, 15) is 4.79 Å². The number of esters is 1. The van der Waals surface area contributed by atoms with E-state index in [0.717, 1.165) is 16.7 Å². The third kappa shape index (κ3) is 7.35. The Morgan fingerprint density at radius 2 is 1.32 bits per heavy atom. The third-order valence-corrected chi connectivity index (χ3v) is 4.46. The predicted octanol–water partition coefficient (Wildman–Crippen LogP) is 3.39. The lowest BCUT2D eigenvalue weighted by atomic mass is 10.2. The quantitative estimate of drug-likeness (QED) is 0.395. The van der Waals surface area contributed by atoms with Crippen molar-refractivity contribution in [2.75, 3.05) is 7.11 Å². The molecule has 4 aromatic rings. The zero-order chi connectivity index (χ0) is 24.0. The maximum atomic E-state index is 11.5. The van der Waals surface area contributed by atoms with Gasteiger partial charge in [0.15, 0.2) is 5.75 Å². The van der Waals surface area contributed by atoms with Crippen LogP contribution in [0.4, 0.5) is 0 Å². The fourth-order valence-electron chi connectivity index (χ4n) is 2.73. The number of hydrogen-bond acceptors (Lipinski definition) is 9. The van der Waals surface area contributed by atoms with Crippen molar-refractivity contribution in [1.82, 2.24) is 19.9 Å². The molecule has 1 N–H and O–H groups in total. The van der Waals surface area contributed by atoms with Crippen molar-refractivity contribution < 1.29 is 24.1 Å². The maximum Gasteiger partial charge on any atom is 0.341 e. The van der Waals surface area contributed by atoms with Crippen LogP contribution in [0.5, 0.6) is 11.5 Å². The number of nitrogens with zero attached hydrogens (tertiary/aromatic N) is 4. The van der Waals surface area contributed by atoms with Crippen LogP contribution in [-0.4, -0.2) is 38.1 Å². The average molecular weight is 460 g/mol. The molecule has 0 bridgehead atoms. The molecule has 0 atom stereocenters. The lowest BCUT2D eigenvalue weighted by Crippen LogP contribution is -2.06. The van der Waals surface area contributed by atoms with Crippen molar-refractivity contribution in [3.63, 3.8) is 0 Å². The van der Waals surface area contributed by atoms with Crippen LogP contribution in [-0.2, 0) is 24.6 Å². The Morgan fingerprint density at radius 1 is 0.765 bits per heavy atom. The number of pyridine rings is 4. The van der Waals surface area contributed by atoms with Gasteiger partial charge in [0.2, 0.25) is 0 Å². The molecule has 4 rings (SSSR count). The van der Waals surface area contributed by atoms with Crippen LogP contribution in [0.1, 0.15) is 27.0 Å². The molecule has 0 aliphatic rings. The highest BCUT2D eigenvalue weighted by Crippen LogP contribution is 2.19. The van der Waals surface area contributed by atoms with E-state index in [4.69, 9.17) is 14.6 Å². The van der Waals surface area contributed by atoms with Gasteiger partial charge in [0.05, 0.1) is 26.1 Å². The zero-order valence-electron chi connectivity index (χ0n) is 18.6. The van der Waals surface area contributed by atoms with Crippen LogP contribution in [0.3, 0.4) is 0 Å². The van der Waals surface area contributed by atoms with Crippen LogP contribution < -0.4 is 9.47 Å². The molecular formula is C25H24N4O5. The molecule has 0 aromatic carbocycles. The maximum absolute atomic E-state index is 11.5. The van der Waals surface area contributed by atoms with Crippen molar-refractivity contribution >= 4 is 5.97 Å². The number of aliphatic hydroxyl groups excluding tert-OH is 1. The van der Waals surface area contributed by atoms with Crippen LogP contribution in [0.25, 0.3) is 0 Å². The first-order chi connectivity index (χ1) is 16.7. The van der Waals surface area contributed by atoms with Gasteiger partial charge in [-0.05, 0) is 24.3 Å². The summed E-state index contributed by atoms with van der Waals surface area (Å²) in [4.78, 5) is 27.4. The standard InChI is InChI=1S/C13H12N2O3.C12H12N2O2/c1-17-13(16)11-4-6-15-8-12(11)18-9-10-3-2-5-14-7-10;15-8-11-3-5-14-7-12(11)16-9-10-2-1-4-13-6-10/h2-8H,9H2,1H3;1-7,15H,8-9H2. The van der Waals surface area contributed by atoms with Crippen LogP contribution in [0, 0.1) is 0 Å². The topological polar surface area (TPSA) is 117 Å².